The Kier molecular flexibility index (Phi) is 6.42. The fraction of sp³-hybridized carbons (Fsp3) is 0.364. The number of thioether (sulfide) groups is 1. The van der Waals surface area contributed by atoms with Gasteiger partial charge in [-0.15, -0.1) is 11.8 Å². The highest BCUT2D eigenvalue weighted by Gasteiger charge is 2.07. The van der Waals surface area contributed by atoms with E-state index in [0.29, 0.717) is 5.69 Å². The summed E-state index contributed by atoms with van der Waals surface area (Å²) in [4.78, 5) is 11.5. The molecule has 0 heterocycles. The second-order valence-corrected chi connectivity index (χ2v) is 4.97. The van der Waals surface area contributed by atoms with Gasteiger partial charge in [-0.2, -0.15) is 0 Å². The molecule has 0 spiro atoms. The third-order valence-electron chi connectivity index (χ3n) is 1.96. The molecule has 1 unspecified atom stereocenters. The van der Waals surface area contributed by atoms with Crippen molar-refractivity contribution in [3.63, 3.8) is 0 Å². The lowest BCUT2D eigenvalue weighted by molar-refractivity contribution is -0.113. The van der Waals surface area contributed by atoms with Crippen LogP contribution < -0.4 is 5.32 Å². The minimum absolute atomic E-state index is 0.0591. The third-order valence-corrected chi connectivity index (χ3v) is 3.33. The van der Waals surface area contributed by atoms with Crippen LogP contribution in [-0.4, -0.2) is 40.3 Å². The Morgan fingerprint density at radius 2 is 2.28 bits per heavy atom. The molecule has 18 heavy (non-hydrogen) atoms. The predicted molar refractivity (Wildman–Crippen MR) is 70.5 cm³/mol. The number of hydrogen-bond donors (Lipinski definition) is 3. The lowest BCUT2D eigenvalue weighted by Crippen LogP contribution is -2.19. The summed E-state index contributed by atoms with van der Waals surface area (Å²) in [7, 11) is 0. The van der Waals surface area contributed by atoms with Gasteiger partial charge in [-0.1, -0.05) is 11.6 Å². The normalized spacial score (nSPS) is 12.2. The van der Waals surface area contributed by atoms with Gasteiger partial charge in [0.2, 0.25) is 5.91 Å². The molecule has 0 saturated carbocycles. The van der Waals surface area contributed by atoms with Gasteiger partial charge < -0.3 is 15.5 Å². The highest BCUT2D eigenvalue weighted by atomic mass is 35.5. The van der Waals surface area contributed by atoms with Gasteiger partial charge in [0.05, 0.1) is 23.5 Å². The molecule has 7 heteroatoms. The Bertz CT molecular complexity index is 419. The fourth-order valence-corrected chi connectivity index (χ4v) is 2.04. The van der Waals surface area contributed by atoms with Crippen LogP contribution in [0.2, 0.25) is 5.02 Å². The van der Waals surface area contributed by atoms with E-state index in [4.69, 9.17) is 21.8 Å². The molecular weight excluding hydrogens is 281 g/mol. The Labute approximate surface area is 113 Å². The Morgan fingerprint density at radius 1 is 1.56 bits per heavy atom. The summed E-state index contributed by atoms with van der Waals surface area (Å²) in [5, 5.41) is 20.1. The van der Waals surface area contributed by atoms with Crippen LogP contribution in [0.5, 0.6) is 0 Å². The van der Waals surface area contributed by atoms with Gasteiger partial charge >= 0.3 is 0 Å². The summed E-state index contributed by atoms with van der Waals surface area (Å²) in [5.41, 5.74) is 0.412. The molecule has 4 nitrogen and oxygen atoms in total. The minimum atomic E-state index is -0.830. The first-order valence-electron chi connectivity index (χ1n) is 5.14. The molecule has 0 bridgehead atoms. The van der Waals surface area contributed by atoms with Crippen molar-refractivity contribution < 1.29 is 19.4 Å². The van der Waals surface area contributed by atoms with Crippen LogP contribution in [0.15, 0.2) is 18.2 Å². The van der Waals surface area contributed by atoms with Crippen molar-refractivity contribution in [3.05, 3.63) is 29.0 Å². The zero-order valence-corrected chi connectivity index (χ0v) is 11.0. The van der Waals surface area contributed by atoms with Crippen molar-refractivity contribution in [2.45, 2.75) is 6.10 Å². The molecule has 1 rings (SSSR count). The monoisotopic (exact) mass is 293 g/mol. The number of rotatable bonds is 6. The highest BCUT2D eigenvalue weighted by molar-refractivity contribution is 8.00. The summed E-state index contributed by atoms with van der Waals surface area (Å²) < 4.78 is 12.9. The van der Waals surface area contributed by atoms with Gasteiger partial charge in [0.15, 0.2) is 0 Å². The van der Waals surface area contributed by atoms with Gasteiger partial charge in [0, 0.05) is 11.4 Å². The smallest absolute Gasteiger partial charge is 0.234 e. The van der Waals surface area contributed by atoms with Crippen LogP contribution in [0.25, 0.3) is 0 Å². The van der Waals surface area contributed by atoms with Crippen molar-refractivity contribution in [3.8, 4) is 0 Å². The number of anilines is 1. The number of nitrogens with one attached hydrogen (secondary N) is 1. The Hall–Kier alpha value is -0.820. The molecule has 3 N–H and O–H groups in total. The Balaban J connectivity index is 2.38. The molecule has 1 aromatic rings. The van der Waals surface area contributed by atoms with Crippen molar-refractivity contribution >= 4 is 35.0 Å². The number of amides is 1. The largest absolute Gasteiger partial charge is 0.394 e. The number of aliphatic hydroxyl groups is 2. The van der Waals surface area contributed by atoms with Crippen LogP contribution in [-0.2, 0) is 4.79 Å². The Morgan fingerprint density at radius 3 is 2.89 bits per heavy atom. The summed E-state index contributed by atoms with van der Waals surface area (Å²) in [6, 6.07) is 3.90. The molecule has 1 aromatic carbocycles. The van der Waals surface area contributed by atoms with E-state index in [1.54, 1.807) is 0 Å². The van der Waals surface area contributed by atoms with E-state index in [9.17, 15) is 9.18 Å². The van der Waals surface area contributed by atoms with E-state index < -0.39 is 11.9 Å². The summed E-state index contributed by atoms with van der Waals surface area (Å²) in [5.74, 6) is -0.428. The molecule has 1 atom stereocenters. The first-order chi connectivity index (χ1) is 8.52. The van der Waals surface area contributed by atoms with Crippen LogP contribution in [0, 0.1) is 5.82 Å². The van der Waals surface area contributed by atoms with Crippen molar-refractivity contribution in [1.82, 2.24) is 0 Å². The molecule has 0 aliphatic rings. The average Bonchev–Trinajstić information content (AvgIpc) is 2.33. The standard InChI is InChI=1S/C11H13ClFNO3S/c12-9-3-7(1-2-10(9)13)14-11(17)6-18-5-8(16)4-15/h1-3,8,15-16H,4-6H2,(H,14,17). The van der Waals surface area contributed by atoms with E-state index in [1.165, 1.54) is 30.0 Å². The molecule has 0 radical (unpaired) electrons. The average molecular weight is 294 g/mol. The van der Waals surface area contributed by atoms with Crippen molar-refractivity contribution in [2.24, 2.45) is 0 Å². The SMILES string of the molecule is O=C(CSCC(O)CO)Nc1ccc(F)c(Cl)c1. The van der Waals surface area contributed by atoms with Crippen LogP contribution in [0.4, 0.5) is 10.1 Å². The summed E-state index contributed by atoms with van der Waals surface area (Å²) in [6.45, 7) is -0.331. The molecular formula is C11H13ClFNO3S. The third kappa shape index (κ3) is 5.22. The van der Waals surface area contributed by atoms with Gasteiger partial charge in [-0.05, 0) is 18.2 Å². The number of halogens is 2. The number of benzene rings is 1. The van der Waals surface area contributed by atoms with Crippen molar-refractivity contribution in [1.29, 1.82) is 0 Å². The van der Waals surface area contributed by atoms with Gasteiger partial charge in [-0.25, -0.2) is 4.39 Å². The van der Waals surface area contributed by atoms with Crippen LogP contribution in [0.3, 0.4) is 0 Å². The van der Waals surface area contributed by atoms with Crippen molar-refractivity contribution in [2.75, 3.05) is 23.4 Å². The number of aliphatic hydroxyl groups excluding tert-OH is 2. The zero-order chi connectivity index (χ0) is 13.5. The summed E-state index contributed by atoms with van der Waals surface area (Å²) in [6.07, 6.45) is -0.830. The van der Waals surface area contributed by atoms with Crippen LogP contribution in [0.1, 0.15) is 0 Å². The maximum atomic E-state index is 12.9. The lowest BCUT2D eigenvalue weighted by atomic mass is 10.3. The molecule has 0 saturated heterocycles. The van der Waals surface area contributed by atoms with E-state index in [2.05, 4.69) is 5.32 Å². The van der Waals surface area contributed by atoms with Gasteiger partial charge in [-0.3, -0.25) is 4.79 Å². The zero-order valence-electron chi connectivity index (χ0n) is 9.40. The maximum absolute atomic E-state index is 12.9. The van der Waals surface area contributed by atoms with E-state index in [1.807, 2.05) is 0 Å². The second kappa shape index (κ2) is 7.58. The summed E-state index contributed by atoms with van der Waals surface area (Å²) >= 11 is 6.76. The van der Waals surface area contributed by atoms with E-state index >= 15 is 0 Å². The number of carbonyl (C=O) groups excluding carboxylic acids is 1. The second-order valence-electron chi connectivity index (χ2n) is 3.53. The minimum Gasteiger partial charge on any atom is -0.394 e. The molecule has 0 fully saturated rings. The van der Waals surface area contributed by atoms with Crippen LogP contribution >= 0.6 is 23.4 Å². The number of hydrogen-bond acceptors (Lipinski definition) is 4. The quantitative estimate of drug-likeness (QED) is 0.743. The molecule has 0 aromatic heterocycles. The highest BCUT2D eigenvalue weighted by Crippen LogP contribution is 2.19. The maximum Gasteiger partial charge on any atom is 0.234 e. The number of carbonyl (C=O) groups is 1. The van der Waals surface area contributed by atoms with Gasteiger partial charge in [0.25, 0.3) is 0 Å². The fourth-order valence-electron chi connectivity index (χ4n) is 1.11. The first-order valence-corrected chi connectivity index (χ1v) is 6.67. The molecule has 100 valence electrons. The topological polar surface area (TPSA) is 69.6 Å². The molecule has 1 amide bonds. The molecule has 0 aliphatic carbocycles. The molecule has 0 aliphatic heterocycles. The lowest BCUT2D eigenvalue weighted by Gasteiger charge is -2.07. The predicted octanol–water partition coefficient (Wildman–Crippen LogP) is 1.50. The van der Waals surface area contributed by atoms with E-state index in [-0.39, 0.29) is 29.0 Å². The van der Waals surface area contributed by atoms with Gasteiger partial charge in [0.1, 0.15) is 5.82 Å². The first kappa shape index (κ1) is 15.2. The van der Waals surface area contributed by atoms with E-state index in [0.717, 1.165) is 0 Å².